The Morgan fingerprint density at radius 1 is 1.56 bits per heavy atom. The van der Waals surface area contributed by atoms with E-state index < -0.39 is 5.60 Å². The van der Waals surface area contributed by atoms with Crippen molar-refractivity contribution >= 4 is 5.91 Å². The smallest absolute Gasteiger partial charge is 0.227 e. The van der Waals surface area contributed by atoms with Gasteiger partial charge in [0.1, 0.15) is 0 Å². The van der Waals surface area contributed by atoms with Crippen molar-refractivity contribution in [1.82, 2.24) is 10.6 Å². The Morgan fingerprint density at radius 2 is 2.19 bits per heavy atom. The molecule has 0 radical (unpaired) electrons. The molecule has 4 heteroatoms. The average molecular weight is 228 g/mol. The van der Waals surface area contributed by atoms with E-state index in [1.54, 1.807) is 13.8 Å². The van der Waals surface area contributed by atoms with Crippen LogP contribution in [-0.2, 0) is 4.79 Å². The fraction of sp³-hybridized carbons (Fsp3) is 0.917. The molecule has 16 heavy (non-hydrogen) atoms. The lowest BCUT2D eigenvalue weighted by Crippen LogP contribution is -2.49. The van der Waals surface area contributed by atoms with Gasteiger partial charge in [0.25, 0.3) is 0 Å². The van der Waals surface area contributed by atoms with Crippen LogP contribution >= 0.6 is 0 Å². The van der Waals surface area contributed by atoms with E-state index in [4.69, 9.17) is 0 Å². The molecule has 1 aliphatic rings. The van der Waals surface area contributed by atoms with Crippen molar-refractivity contribution in [3.05, 3.63) is 0 Å². The van der Waals surface area contributed by atoms with Crippen LogP contribution in [0.1, 0.15) is 34.1 Å². The molecule has 1 rings (SSSR count). The van der Waals surface area contributed by atoms with Gasteiger partial charge in [0, 0.05) is 13.1 Å². The molecule has 0 aliphatic carbocycles. The molecule has 1 unspecified atom stereocenters. The van der Waals surface area contributed by atoms with Gasteiger partial charge in [0.2, 0.25) is 5.91 Å². The minimum atomic E-state index is -0.847. The number of nitrogens with one attached hydrogen (secondary N) is 2. The van der Waals surface area contributed by atoms with Gasteiger partial charge in [-0.25, -0.2) is 0 Å². The van der Waals surface area contributed by atoms with Gasteiger partial charge in [-0.05, 0) is 32.7 Å². The Labute approximate surface area is 97.8 Å². The van der Waals surface area contributed by atoms with Crippen LogP contribution in [0.4, 0.5) is 0 Å². The topological polar surface area (TPSA) is 61.4 Å². The highest BCUT2D eigenvalue weighted by atomic mass is 16.3. The Kier molecular flexibility index (Phi) is 3.97. The zero-order valence-electron chi connectivity index (χ0n) is 10.8. The summed E-state index contributed by atoms with van der Waals surface area (Å²) in [5, 5.41) is 15.7. The molecular weight excluding hydrogens is 204 g/mol. The molecule has 3 N–H and O–H groups in total. The van der Waals surface area contributed by atoms with Crippen molar-refractivity contribution in [2.45, 2.75) is 39.7 Å². The second kappa shape index (κ2) is 4.72. The van der Waals surface area contributed by atoms with E-state index in [0.29, 0.717) is 12.5 Å². The van der Waals surface area contributed by atoms with Gasteiger partial charge < -0.3 is 15.7 Å². The van der Waals surface area contributed by atoms with Crippen LogP contribution in [0.5, 0.6) is 0 Å². The number of amides is 1. The molecule has 0 spiro atoms. The van der Waals surface area contributed by atoms with E-state index in [1.165, 1.54) is 0 Å². The maximum absolute atomic E-state index is 12.2. The maximum atomic E-state index is 12.2. The molecule has 1 saturated heterocycles. The quantitative estimate of drug-likeness (QED) is 0.657. The Hall–Kier alpha value is -0.610. The lowest BCUT2D eigenvalue weighted by molar-refractivity contribution is -0.133. The largest absolute Gasteiger partial charge is 0.389 e. The van der Waals surface area contributed by atoms with E-state index in [9.17, 15) is 9.90 Å². The van der Waals surface area contributed by atoms with Gasteiger partial charge in [-0.2, -0.15) is 0 Å². The van der Waals surface area contributed by atoms with E-state index in [-0.39, 0.29) is 11.3 Å². The first-order valence-electron chi connectivity index (χ1n) is 5.99. The highest BCUT2D eigenvalue weighted by molar-refractivity contribution is 5.83. The highest BCUT2D eigenvalue weighted by Crippen LogP contribution is 2.34. The van der Waals surface area contributed by atoms with Crippen molar-refractivity contribution in [2.75, 3.05) is 19.6 Å². The maximum Gasteiger partial charge on any atom is 0.227 e. The monoisotopic (exact) mass is 228 g/mol. The van der Waals surface area contributed by atoms with Crippen molar-refractivity contribution in [2.24, 2.45) is 11.3 Å². The lowest BCUT2D eigenvalue weighted by atomic mass is 9.75. The number of hydrogen-bond donors (Lipinski definition) is 3. The van der Waals surface area contributed by atoms with Gasteiger partial charge in [-0.15, -0.1) is 0 Å². The molecule has 0 aromatic carbocycles. The first-order chi connectivity index (χ1) is 7.28. The zero-order valence-corrected chi connectivity index (χ0v) is 10.8. The number of aliphatic hydroxyl groups is 1. The molecule has 1 heterocycles. The van der Waals surface area contributed by atoms with Crippen LogP contribution in [0.25, 0.3) is 0 Å². The number of hydrogen-bond acceptors (Lipinski definition) is 3. The van der Waals surface area contributed by atoms with Crippen LogP contribution in [0, 0.1) is 11.3 Å². The molecule has 0 saturated carbocycles. The number of carbonyl (C=O) groups excluding carboxylic acids is 1. The Balaban J connectivity index is 2.63. The van der Waals surface area contributed by atoms with Crippen LogP contribution in [-0.4, -0.2) is 36.2 Å². The average Bonchev–Trinajstić information content (AvgIpc) is 2.62. The second-order valence-corrected chi connectivity index (χ2v) is 5.73. The molecule has 1 fully saturated rings. The van der Waals surface area contributed by atoms with Gasteiger partial charge in [0.15, 0.2) is 0 Å². The minimum absolute atomic E-state index is 0.0645. The van der Waals surface area contributed by atoms with Crippen LogP contribution < -0.4 is 10.6 Å². The fourth-order valence-corrected chi connectivity index (χ4v) is 2.13. The van der Waals surface area contributed by atoms with Crippen molar-refractivity contribution in [3.8, 4) is 0 Å². The second-order valence-electron chi connectivity index (χ2n) is 5.73. The minimum Gasteiger partial charge on any atom is -0.389 e. The van der Waals surface area contributed by atoms with E-state index in [2.05, 4.69) is 24.5 Å². The molecule has 4 nitrogen and oxygen atoms in total. The van der Waals surface area contributed by atoms with Crippen LogP contribution in [0.3, 0.4) is 0 Å². The molecule has 0 aromatic rings. The van der Waals surface area contributed by atoms with E-state index >= 15 is 0 Å². The summed E-state index contributed by atoms with van der Waals surface area (Å²) < 4.78 is 0. The fourth-order valence-electron chi connectivity index (χ4n) is 2.13. The van der Waals surface area contributed by atoms with Gasteiger partial charge >= 0.3 is 0 Å². The van der Waals surface area contributed by atoms with Crippen molar-refractivity contribution < 1.29 is 9.90 Å². The van der Waals surface area contributed by atoms with Crippen LogP contribution in [0.15, 0.2) is 0 Å². The highest BCUT2D eigenvalue weighted by Gasteiger charge is 2.43. The molecule has 1 amide bonds. The Morgan fingerprint density at radius 3 is 2.56 bits per heavy atom. The molecule has 1 atom stereocenters. The van der Waals surface area contributed by atoms with E-state index in [0.717, 1.165) is 19.5 Å². The predicted octanol–water partition coefficient (Wildman–Crippen LogP) is 0.509. The first-order valence-corrected chi connectivity index (χ1v) is 5.99. The summed E-state index contributed by atoms with van der Waals surface area (Å²) in [5.74, 6) is 0.374. The van der Waals surface area contributed by atoms with Crippen molar-refractivity contribution in [1.29, 1.82) is 0 Å². The third-order valence-electron chi connectivity index (χ3n) is 3.43. The van der Waals surface area contributed by atoms with Crippen LogP contribution in [0.2, 0.25) is 0 Å². The summed E-state index contributed by atoms with van der Waals surface area (Å²) in [4.78, 5) is 12.2. The number of rotatable bonds is 4. The van der Waals surface area contributed by atoms with E-state index in [1.807, 2.05) is 0 Å². The standard InChI is InChI=1S/C12H24N2O2/c1-9(2)12(5-6-13-8-12)10(15)14-7-11(3,4)16/h9,13,16H,5-8H2,1-4H3,(H,14,15). The first kappa shape index (κ1) is 13.5. The molecule has 0 bridgehead atoms. The summed E-state index contributed by atoms with van der Waals surface area (Å²) >= 11 is 0. The molecular formula is C12H24N2O2. The van der Waals surface area contributed by atoms with Crippen molar-refractivity contribution in [3.63, 3.8) is 0 Å². The summed E-state index contributed by atoms with van der Waals surface area (Å²) in [6.45, 7) is 9.49. The molecule has 94 valence electrons. The molecule has 1 aliphatic heterocycles. The van der Waals surface area contributed by atoms with Gasteiger partial charge in [0.05, 0.1) is 11.0 Å². The lowest BCUT2D eigenvalue weighted by Gasteiger charge is -2.32. The summed E-state index contributed by atoms with van der Waals surface area (Å²) in [6.07, 6.45) is 0.877. The predicted molar refractivity (Wildman–Crippen MR) is 64.1 cm³/mol. The summed E-state index contributed by atoms with van der Waals surface area (Å²) in [5.41, 5.74) is -1.15. The van der Waals surface area contributed by atoms with Gasteiger partial charge in [-0.3, -0.25) is 4.79 Å². The Bertz CT molecular complexity index is 250. The number of carbonyl (C=O) groups is 1. The third-order valence-corrected chi connectivity index (χ3v) is 3.43. The third kappa shape index (κ3) is 2.95. The normalized spacial score (nSPS) is 26.1. The summed E-state index contributed by atoms with van der Waals surface area (Å²) in [6, 6.07) is 0. The summed E-state index contributed by atoms with van der Waals surface area (Å²) in [7, 11) is 0. The zero-order chi connectivity index (χ0) is 12.4. The SMILES string of the molecule is CC(C)C1(C(=O)NCC(C)(C)O)CCNC1. The van der Waals surface area contributed by atoms with Gasteiger partial charge in [-0.1, -0.05) is 13.8 Å². The molecule has 0 aromatic heterocycles.